The Morgan fingerprint density at radius 2 is 2.14 bits per heavy atom. The number of rotatable bonds is 3. The van der Waals surface area contributed by atoms with E-state index in [1.54, 1.807) is 0 Å². The Bertz CT molecular complexity index is 180. The van der Waals surface area contributed by atoms with Crippen LogP contribution in [0.4, 0.5) is 0 Å². The third-order valence-electron chi connectivity index (χ3n) is 3.19. The monoisotopic (exact) mass is 200 g/mol. The van der Waals surface area contributed by atoms with Crippen LogP contribution < -0.4 is 5.73 Å². The molecule has 0 amide bonds. The first-order chi connectivity index (χ1) is 6.46. The lowest BCUT2D eigenvalue weighted by atomic mass is 9.83. The summed E-state index contributed by atoms with van der Waals surface area (Å²) in [5.41, 5.74) is 6.24. The molecule has 1 heterocycles. The Morgan fingerprint density at radius 3 is 2.57 bits per heavy atom. The zero-order chi connectivity index (χ0) is 10.8. The molecule has 3 N–H and O–H groups in total. The van der Waals surface area contributed by atoms with Crippen molar-refractivity contribution in [3.63, 3.8) is 0 Å². The van der Waals surface area contributed by atoms with Gasteiger partial charge >= 0.3 is 0 Å². The summed E-state index contributed by atoms with van der Waals surface area (Å²) in [7, 11) is 0. The average molecular weight is 200 g/mol. The van der Waals surface area contributed by atoms with Crippen LogP contribution in [0.5, 0.6) is 0 Å². The molecule has 14 heavy (non-hydrogen) atoms. The summed E-state index contributed by atoms with van der Waals surface area (Å²) in [6, 6.07) is 0.184. The largest absolute Gasteiger partial charge is 0.395 e. The summed E-state index contributed by atoms with van der Waals surface area (Å²) in [6.45, 7) is 8.86. The standard InChI is InChI=1S/C11H24N2O/c1-9(12)10(7-14)13-6-4-5-11(2,3)8-13/h9-10,14H,4-8,12H2,1-3H3. The maximum atomic E-state index is 9.30. The fourth-order valence-electron chi connectivity index (χ4n) is 2.37. The molecular weight excluding hydrogens is 176 g/mol. The second kappa shape index (κ2) is 4.60. The first-order valence-electron chi connectivity index (χ1n) is 5.57. The van der Waals surface area contributed by atoms with Gasteiger partial charge < -0.3 is 10.8 Å². The summed E-state index contributed by atoms with van der Waals surface area (Å²) < 4.78 is 0. The molecule has 1 aliphatic rings. The molecule has 2 atom stereocenters. The van der Waals surface area contributed by atoms with E-state index < -0.39 is 0 Å². The number of nitrogens with two attached hydrogens (primary N) is 1. The van der Waals surface area contributed by atoms with Gasteiger partial charge in [0, 0.05) is 18.6 Å². The van der Waals surface area contributed by atoms with E-state index in [9.17, 15) is 5.11 Å². The van der Waals surface area contributed by atoms with Crippen molar-refractivity contribution in [3.05, 3.63) is 0 Å². The van der Waals surface area contributed by atoms with Crippen molar-refractivity contribution in [3.8, 4) is 0 Å². The maximum absolute atomic E-state index is 9.30. The molecule has 0 bridgehead atoms. The number of piperidine rings is 1. The minimum atomic E-state index is 0.0499. The van der Waals surface area contributed by atoms with Crippen molar-refractivity contribution < 1.29 is 5.11 Å². The maximum Gasteiger partial charge on any atom is 0.0601 e. The Kier molecular flexibility index (Phi) is 3.93. The van der Waals surface area contributed by atoms with Gasteiger partial charge in [-0.2, -0.15) is 0 Å². The molecule has 0 aromatic carbocycles. The minimum absolute atomic E-state index is 0.0499. The van der Waals surface area contributed by atoms with Crippen molar-refractivity contribution in [2.75, 3.05) is 19.7 Å². The smallest absolute Gasteiger partial charge is 0.0601 e. The molecule has 1 aliphatic heterocycles. The Morgan fingerprint density at radius 1 is 1.50 bits per heavy atom. The third kappa shape index (κ3) is 2.94. The van der Waals surface area contributed by atoms with Gasteiger partial charge in [-0.1, -0.05) is 13.8 Å². The highest BCUT2D eigenvalue weighted by Crippen LogP contribution is 2.29. The van der Waals surface area contributed by atoms with E-state index in [0.717, 1.165) is 13.1 Å². The Balaban J connectivity index is 2.58. The van der Waals surface area contributed by atoms with Crippen LogP contribution in [-0.4, -0.2) is 41.8 Å². The Hall–Kier alpha value is -0.120. The molecule has 2 unspecified atom stereocenters. The van der Waals surface area contributed by atoms with E-state index >= 15 is 0 Å². The number of hydrogen-bond acceptors (Lipinski definition) is 3. The lowest BCUT2D eigenvalue weighted by Gasteiger charge is -2.43. The zero-order valence-electron chi connectivity index (χ0n) is 9.66. The van der Waals surface area contributed by atoms with Crippen LogP contribution in [0.15, 0.2) is 0 Å². The lowest BCUT2D eigenvalue weighted by molar-refractivity contribution is 0.0405. The van der Waals surface area contributed by atoms with Crippen LogP contribution in [0.2, 0.25) is 0 Å². The van der Waals surface area contributed by atoms with Crippen molar-refractivity contribution in [1.82, 2.24) is 4.90 Å². The normalized spacial score (nSPS) is 27.2. The molecule has 0 saturated carbocycles. The van der Waals surface area contributed by atoms with E-state index in [1.165, 1.54) is 12.8 Å². The summed E-state index contributed by atoms with van der Waals surface area (Å²) in [5.74, 6) is 0. The molecule has 1 rings (SSSR count). The van der Waals surface area contributed by atoms with Gasteiger partial charge in [-0.25, -0.2) is 0 Å². The molecule has 1 saturated heterocycles. The summed E-state index contributed by atoms with van der Waals surface area (Å²) >= 11 is 0. The summed E-state index contributed by atoms with van der Waals surface area (Å²) in [4.78, 5) is 2.34. The molecule has 0 radical (unpaired) electrons. The second-order valence-corrected chi connectivity index (χ2v) is 5.35. The second-order valence-electron chi connectivity index (χ2n) is 5.35. The van der Waals surface area contributed by atoms with Gasteiger partial charge in [0.2, 0.25) is 0 Å². The van der Waals surface area contributed by atoms with Gasteiger partial charge in [0.25, 0.3) is 0 Å². The van der Waals surface area contributed by atoms with Gasteiger partial charge in [0.05, 0.1) is 6.61 Å². The van der Waals surface area contributed by atoms with Crippen molar-refractivity contribution >= 4 is 0 Å². The fraction of sp³-hybridized carbons (Fsp3) is 1.00. The van der Waals surface area contributed by atoms with Crippen molar-refractivity contribution in [1.29, 1.82) is 0 Å². The van der Waals surface area contributed by atoms with E-state index in [4.69, 9.17) is 5.73 Å². The van der Waals surface area contributed by atoms with Gasteiger partial charge in [0.15, 0.2) is 0 Å². The molecular formula is C11H24N2O. The summed E-state index contributed by atoms with van der Waals surface area (Å²) in [5, 5.41) is 9.30. The van der Waals surface area contributed by atoms with Gasteiger partial charge in [0.1, 0.15) is 0 Å². The van der Waals surface area contributed by atoms with Gasteiger partial charge in [-0.15, -0.1) is 0 Å². The number of aliphatic hydroxyl groups is 1. The fourth-order valence-corrected chi connectivity index (χ4v) is 2.37. The van der Waals surface area contributed by atoms with E-state index in [1.807, 2.05) is 6.92 Å². The molecule has 0 aromatic heterocycles. The van der Waals surface area contributed by atoms with E-state index in [2.05, 4.69) is 18.7 Å². The molecule has 0 spiro atoms. The van der Waals surface area contributed by atoms with Crippen LogP contribution >= 0.6 is 0 Å². The molecule has 84 valence electrons. The van der Waals surface area contributed by atoms with E-state index in [-0.39, 0.29) is 18.7 Å². The quantitative estimate of drug-likeness (QED) is 0.709. The van der Waals surface area contributed by atoms with Gasteiger partial charge in [-0.05, 0) is 31.7 Å². The van der Waals surface area contributed by atoms with Crippen molar-refractivity contribution in [2.45, 2.75) is 45.7 Å². The highest BCUT2D eigenvalue weighted by Gasteiger charge is 2.31. The predicted octanol–water partition coefficient (Wildman–Crippen LogP) is 0.816. The lowest BCUT2D eigenvalue weighted by Crippen LogP contribution is -2.53. The number of hydrogen-bond donors (Lipinski definition) is 2. The first-order valence-corrected chi connectivity index (χ1v) is 5.57. The van der Waals surface area contributed by atoms with Crippen LogP contribution in [0.3, 0.4) is 0 Å². The predicted molar refractivity (Wildman–Crippen MR) is 59.1 cm³/mol. The van der Waals surface area contributed by atoms with Crippen molar-refractivity contribution in [2.24, 2.45) is 11.1 Å². The number of aliphatic hydroxyl groups excluding tert-OH is 1. The van der Waals surface area contributed by atoms with E-state index in [0.29, 0.717) is 5.41 Å². The highest BCUT2D eigenvalue weighted by molar-refractivity contribution is 4.86. The molecule has 3 nitrogen and oxygen atoms in total. The Labute approximate surface area is 87.3 Å². The molecule has 1 fully saturated rings. The van der Waals surface area contributed by atoms with Gasteiger partial charge in [-0.3, -0.25) is 4.90 Å². The highest BCUT2D eigenvalue weighted by atomic mass is 16.3. The molecule has 3 heteroatoms. The average Bonchev–Trinajstić information content (AvgIpc) is 2.02. The topological polar surface area (TPSA) is 49.5 Å². The number of likely N-dealkylation sites (tertiary alicyclic amines) is 1. The van der Waals surface area contributed by atoms with Crippen LogP contribution in [0.25, 0.3) is 0 Å². The first kappa shape index (κ1) is 12.0. The van der Waals surface area contributed by atoms with Crippen LogP contribution in [0.1, 0.15) is 33.6 Å². The van der Waals surface area contributed by atoms with Crippen LogP contribution in [0, 0.1) is 5.41 Å². The summed E-state index contributed by atoms with van der Waals surface area (Å²) in [6.07, 6.45) is 2.50. The third-order valence-corrected chi connectivity index (χ3v) is 3.19. The minimum Gasteiger partial charge on any atom is -0.395 e. The molecule has 0 aromatic rings. The van der Waals surface area contributed by atoms with Crippen LogP contribution in [-0.2, 0) is 0 Å². The SMILES string of the molecule is CC(N)C(CO)N1CCCC(C)(C)C1. The zero-order valence-corrected chi connectivity index (χ0v) is 9.66. The number of nitrogens with zero attached hydrogens (tertiary/aromatic N) is 1. The molecule has 0 aliphatic carbocycles.